The first-order valence-corrected chi connectivity index (χ1v) is 6.39. The normalized spacial score (nSPS) is 10.1. The zero-order valence-corrected chi connectivity index (χ0v) is 11.3. The van der Waals surface area contributed by atoms with Crippen LogP contribution in [0.15, 0.2) is 48.5 Å². The molecule has 20 heavy (non-hydrogen) atoms. The molecule has 0 amide bonds. The number of carbonyl (C=O) groups is 1. The van der Waals surface area contributed by atoms with Gasteiger partial charge in [0.15, 0.2) is 6.61 Å². The first-order valence-electron chi connectivity index (χ1n) is 6.39. The molecular weight excluding hydrogens is 254 g/mol. The Hall–Kier alpha value is -2.49. The number of nitrogens with one attached hydrogen (secondary N) is 1. The lowest BCUT2D eigenvalue weighted by atomic mass is 10.1. The van der Waals surface area contributed by atoms with E-state index in [1.807, 2.05) is 49.4 Å². The van der Waals surface area contributed by atoms with Gasteiger partial charge in [0.1, 0.15) is 5.75 Å². The molecule has 4 heteroatoms. The summed E-state index contributed by atoms with van der Waals surface area (Å²) >= 11 is 0. The molecule has 0 unspecified atom stereocenters. The lowest BCUT2D eigenvalue weighted by molar-refractivity contribution is -0.139. The molecular formula is C16H17NO3. The van der Waals surface area contributed by atoms with Crippen molar-refractivity contribution in [1.29, 1.82) is 0 Å². The Balaban J connectivity index is 2.06. The molecule has 0 saturated carbocycles. The van der Waals surface area contributed by atoms with E-state index >= 15 is 0 Å². The van der Waals surface area contributed by atoms with Crippen LogP contribution in [0.25, 0.3) is 0 Å². The van der Waals surface area contributed by atoms with Gasteiger partial charge in [0.05, 0.1) is 0 Å². The monoisotopic (exact) mass is 271 g/mol. The fourth-order valence-electron chi connectivity index (χ4n) is 1.89. The van der Waals surface area contributed by atoms with Crippen LogP contribution in [0.3, 0.4) is 0 Å². The van der Waals surface area contributed by atoms with Crippen molar-refractivity contribution in [2.45, 2.75) is 13.5 Å². The molecule has 0 aliphatic carbocycles. The maximum absolute atomic E-state index is 10.6. The van der Waals surface area contributed by atoms with Crippen molar-refractivity contribution in [3.05, 3.63) is 59.7 Å². The second-order valence-corrected chi connectivity index (χ2v) is 4.46. The number of benzene rings is 2. The van der Waals surface area contributed by atoms with Crippen LogP contribution in [0.5, 0.6) is 5.75 Å². The molecule has 2 aromatic carbocycles. The molecule has 2 N–H and O–H groups in total. The molecule has 2 rings (SSSR count). The average Bonchev–Trinajstić information content (AvgIpc) is 2.45. The third kappa shape index (κ3) is 3.75. The molecule has 104 valence electrons. The smallest absolute Gasteiger partial charge is 0.341 e. The maximum Gasteiger partial charge on any atom is 0.341 e. The van der Waals surface area contributed by atoms with Gasteiger partial charge < -0.3 is 15.2 Å². The van der Waals surface area contributed by atoms with Crippen molar-refractivity contribution >= 4 is 11.7 Å². The Labute approximate surface area is 118 Å². The summed E-state index contributed by atoms with van der Waals surface area (Å²) < 4.78 is 5.28. The van der Waals surface area contributed by atoms with Gasteiger partial charge >= 0.3 is 5.97 Å². The Bertz CT molecular complexity index is 596. The summed E-state index contributed by atoms with van der Waals surface area (Å²) in [6.07, 6.45) is 0. The van der Waals surface area contributed by atoms with Crippen molar-refractivity contribution in [2.75, 3.05) is 11.9 Å². The van der Waals surface area contributed by atoms with Gasteiger partial charge in [-0.25, -0.2) is 4.79 Å². The van der Waals surface area contributed by atoms with E-state index in [9.17, 15) is 4.79 Å². The van der Waals surface area contributed by atoms with Crippen LogP contribution in [-0.4, -0.2) is 17.7 Å². The fourth-order valence-corrected chi connectivity index (χ4v) is 1.89. The van der Waals surface area contributed by atoms with Crippen molar-refractivity contribution in [3.63, 3.8) is 0 Å². The predicted molar refractivity (Wildman–Crippen MR) is 78.1 cm³/mol. The number of hydrogen-bond acceptors (Lipinski definition) is 3. The molecule has 0 fully saturated rings. The predicted octanol–water partition coefficient (Wildman–Crippen LogP) is 3.07. The number of carboxylic acid groups (broad SMARTS) is 1. The number of anilines is 1. The van der Waals surface area contributed by atoms with E-state index in [2.05, 4.69) is 5.32 Å². The first kappa shape index (κ1) is 13.9. The Morgan fingerprint density at radius 1 is 1.15 bits per heavy atom. The highest BCUT2D eigenvalue weighted by atomic mass is 16.5. The van der Waals surface area contributed by atoms with E-state index in [4.69, 9.17) is 9.84 Å². The van der Waals surface area contributed by atoms with Crippen LogP contribution in [0.1, 0.15) is 11.1 Å². The van der Waals surface area contributed by atoms with Crippen molar-refractivity contribution in [3.8, 4) is 5.75 Å². The summed E-state index contributed by atoms with van der Waals surface area (Å²) in [6.45, 7) is 2.29. The zero-order chi connectivity index (χ0) is 14.4. The molecule has 0 aliphatic heterocycles. The second kappa shape index (κ2) is 6.61. The molecule has 0 heterocycles. The highest BCUT2D eigenvalue weighted by molar-refractivity contribution is 5.68. The molecule has 0 saturated heterocycles. The summed E-state index contributed by atoms with van der Waals surface area (Å²) in [4.78, 5) is 10.6. The van der Waals surface area contributed by atoms with Gasteiger partial charge in [-0.2, -0.15) is 0 Å². The number of ether oxygens (including phenoxy) is 1. The van der Waals surface area contributed by atoms with Crippen LogP contribution in [0, 0.1) is 6.92 Å². The van der Waals surface area contributed by atoms with Gasteiger partial charge in [-0.3, -0.25) is 0 Å². The van der Waals surface area contributed by atoms with Crippen molar-refractivity contribution in [1.82, 2.24) is 0 Å². The molecule has 0 atom stereocenters. The van der Waals surface area contributed by atoms with Crippen LogP contribution in [0.2, 0.25) is 0 Å². The van der Waals surface area contributed by atoms with Crippen LogP contribution in [0.4, 0.5) is 5.69 Å². The molecule has 0 spiro atoms. The van der Waals surface area contributed by atoms with Gasteiger partial charge in [0.2, 0.25) is 0 Å². The fraction of sp³-hybridized carbons (Fsp3) is 0.188. The highest BCUT2D eigenvalue weighted by Crippen LogP contribution is 2.20. The molecule has 0 aromatic heterocycles. The molecule has 4 nitrogen and oxygen atoms in total. The number of para-hydroxylation sites is 2. The topological polar surface area (TPSA) is 58.6 Å². The zero-order valence-electron chi connectivity index (χ0n) is 11.3. The first-order chi connectivity index (χ1) is 9.66. The number of carboxylic acids is 1. The summed E-state index contributed by atoms with van der Waals surface area (Å²) in [5, 5.41) is 12.0. The number of aliphatic carboxylic acids is 1. The summed E-state index contributed by atoms with van der Waals surface area (Å²) in [6, 6.07) is 15.4. The standard InChI is InChI=1S/C16H17NO3/c1-12-6-2-4-8-14(12)17-10-13-7-3-5-9-15(13)20-11-16(18)19/h2-9,17H,10-11H2,1H3,(H,18,19). The van der Waals surface area contributed by atoms with E-state index in [0.717, 1.165) is 16.8 Å². The molecule has 0 radical (unpaired) electrons. The van der Waals surface area contributed by atoms with Crippen LogP contribution in [-0.2, 0) is 11.3 Å². The van der Waals surface area contributed by atoms with Crippen LogP contribution >= 0.6 is 0 Å². The SMILES string of the molecule is Cc1ccccc1NCc1ccccc1OCC(=O)O. The van der Waals surface area contributed by atoms with E-state index in [-0.39, 0.29) is 6.61 Å². The van der Waals surface area contributed by atoms with E-state index in [0.29, 0.717) is 12.3 Å². The molecule has 0 aliphatic rings. The number of aryl methyl sites for hydroxylation is 1. The van der Waals surface area contributed by atoms with Gasteiger partial charge in [0, 0.05) is 17.8 Å². The van der Waals surface area contributed by atoms with Gasteiger partial charge in [0.25, 0.3) is 0 Å². The van der Waals surface area contributed by atoms with Crippen molar-refractivity contribution < 1.29 is 14.6 Å². The lowest BCUT2D eigenvalue weighted by Crippen LogP contribution is -2.11. The highest BCUT2D eigenvalue weighted by Gasteiger charge is 2.05. The van der Waals surface area contributed by atoms with Crippen molar-refractivity contribution in [2.24, 2.45) is 0 Å². The Kier molecular flexibility index (Phi) is 4.60. The third-order valence-electron chi connectivity index (χ3n) is 2.94. The minimum Gasteiger partial charge on any atom is -0.482 e. The van der Waals surface area contributed by atoms with Gasteiger partial charge in [-0.1, -0.05) is 36.4 Å². The summed E-state index contributed by atoms with van der Waals surface area (Å²) in [5.41, 5.74) is 3.15. The Morgan fingerprint density at radius 2 is 1.85 bits per heavy atom. The minimum atomic E-state index is -0.980. The van der Waals surface area contributed by atoms with Gasteiger partial charge in [-0.05, 0) is 24.6 Å². The summed E-state index contributed by atoms with van der Waals surface area (Å²) in [5.74, 6) is -0.386. The maximum atomic E-state index is 10.6. The lowest BCUT2D eigenvalue weighted by Gasteiger charge is -2.13. The number of rotatable bonds is 6. The summed E-state index contributed by atoms with van der Waals surface area (Å²) in [7, 11) is 0. The molecule has 0 bridgehead atoms. The van der Waals surface area contributed by atoms with Crippen LogP contribution < -0.4 is 10.1 Å². The minimum absolute atomic E-state index is 0.332. The largest absolute Gasteiger partial charge is 0.482 e. The van der Waals surface area contributed by atoms with Gasteiger partial charge in [-0.15, -0.1) is 0 Å². The Morgan fingerprint density at radius 3 is 2.60 bits per heavy atom. The third-order valence-corrected chi connectivity index (χ3v) is 2.94. The van der Waals surface area contributed by atoms with E-state index in [1.165, 1.54) is 0 Å². The molecule has 2 aromatic rings. The quantitative estimate of drug-likeness (QED) is 0.847. The second-order valence-electron chi connectivity index (χ2n) is 4.46. The van der Waals surface area contributed by atoms with E-state index in [1.54, 1.807) is 6.07 Å². The average molecular weight is 271 g/mol. The number of hydrogen-bond donors (Lipinski definition) is 2. The van der Waals surface area contributed by atoms with E-state index < -0.39 is 5.97 Å².